The number of nitrogens with zero attached hydrogens (tertiary/aromatic N) is 2. The fraction of sp³-hybridized carbons (Fsp3) is 0.100. The number of nitrogens with one attached hydrogen (secondary N) is 2. The molecule has 2 N–H and O–H groups in total. The summed E-state index contributed by atoms with van der Waals surface area (Å²) in [5.74, 6) is 0.408. The monoisotopic (exact) mass is 378 g/mol. The van der Waals surface area contributed by atoms with Gasteiger partial charge in [-0.3, -0.25) is 4.79 Å². The minimum atomic E-state index is -0.441. The van der Waals surface area contributed by atoms with Gasteiger partial charge in [0.25, 0.3) is 5.91 Å². The van der Waals surface area contributed by atoms with E-state index >= 15 is 0 Å². The van der Waals surface area contributed by atoms with Crippen molar-refractivity contribution in [3.63, 3.8) is 0 Å². The van der Waals surface area contributed by atoms with Crippen molar-refractivity contribution in [2.24, 2.45) is 0 Å². The van der Waals surface area contributed by atoms with Gasteiger partial charge >= 0.3 is 5.97 Å². The minimum Gasteiger partial charge on any atom is -0.497 e. The Morgan fingerprint density at radius 1 is 0.821 bits per heavy atom. The number of hydrogen-bond acceptors (Lipinski definition) is 7. The van der Waals surface area contributed by atoms with Crippen molar-refractivity contribution >= 4 is 29.1 Å². The van der Waals surface area contributed by atoms with Crippen LogP contribution in [0.25, 0.3) is 0 Å². The third-order valence-electron chi connectivity index (χ3n) is 3.82. The lowest BCUT2D eigenvalue weighted by atomic mass is 10.2. The lowest BCUT2D eigenvalue weighted by molar-refractivity contribution is 0.0600. The molecule has 0 aliphatic rings. The molecule has 0 bridgehead atoms. The van der Waals surface area contributed by atoms with Crippen molar-refractivity contribution in [2.75, 3.05) is 24.9 Å². The van der Waals surface area contributed by atoms with Crippen molar-refractivity contribution in [3.8, 4) is 5.75 Å². The van der Waals surface area contributed by atoms with Crippen LogP contribution in [0.5, 0.6) is 5.75 Å². The number of carbonyl (C=O) groups is 2. The zero-order chi connectivity index (χ0) is 19.9. The van der Waals surface area contributed by atoms with Crippen LogP contribution in [0.3, 0.4) is 0 Å². The number of carbonyl (C=O) groups excluding carboxylic acids is 2. The van der Waals surface area contributed by atoms with Gasteiger partial charge in [-0.25, -0.2) is 4.79 Å². The number of esters is 1. The molecule has 142 valence electrons. The molecule has 28 heavy (non-hydrogen) atoms. The largest absolute Gasteiger partial charge is 0.497 e. The predicted octanol–water partition coefficient (Wildman–Crippen LogP) is 3.27. The van der Waals surface area contributed by atoms with Gasteiger partial charge < -0.3 is 20.1 Å². The lowest BCUT2D eigenvalue weighted by Gasteiger charge is -2.07. The summed E-state index contributed by atoms with van der Waals surface area (Å²) in [4.78, 5) is 23.7. The first-order valence-corrected chi connectivity index (χ1v) is 8.33. The molecule has 8 heteroatoms. The molecule has 8 nitrogen and oxygen atoms in total. The zero-order valence-electron chi connectivity index (χ0n) is 15.3. The molecule has 0 aliphatic carbocycles. The molecule has 1 heterocycles. The van der Waals surface area contributed by atoms with Crippen LogP contribution in [-0.4, -0.2) is 36.3 Å². The number of anilines is 3. The molecule has 1 amide bonds. The van der Waals surface area contributed by atoms with Gasteiger partial charge in [-0.2, -0.15) is 0 Å². The summed E-state index contributed by atoms with van der Waals surface area (Å²) < 4.78 is 9.75. The molecular weight excluding hydrogens is 360 g/mol. The van der Waals surface area contributed by atoms with Crippen LogP contribution < -0.4 is 15.4 Å². The van der Waals surface area contributed by atoms with E-state index in [2.05, 4.69) is 25.6 Å². The van der Waals surface area contributed by atoms with E-state index in [4.69, 9.17) is 4.74 Å². The maximum Gasteiger partial charge on any atom is 0.337 e. The Bertz CT molecular complexity index is 955. The first-order valence-electron chi connectivity index (χ1n) is 8.33. The average Bonchev–Trinajstić information content (AvgIpc) is 2.74. The molecule has 0 atom stereocenters. The van der Waals surface area contributed by atoms with Crippen molar-refractivity contribution in [1.29, 1.82) is 0 Å². The van der Waals surface area contributed by atoms with Crippen LogP contribution >= 0.6 is 0 Å². The second-order valence-electron chi connectivity index (χ2n) is 5.68. The van der Waals surface area contributed by atoms with E-state index in [-0.39, 0.29) is 5.69 Å². The summed E-state index contributed by atoms with van der Waals surface area (Å²) in [6.45, 7) is 0. The lowest BCUT2D eigenvalue weighted by Crippen LogP contribution is -2.14. The molecule has 3 aromatic rings. The van der Waals surface area contributed by atoms with E-state index in [1.807, 2.05) is 24.3 Å². The molecule has 0 spiro atoms. The quantitative estimate of drug-likeness (QED) is 0.635. The first-order chi connectivity index (χ1) is 13.6. The second kappa shape index (κ2) is 8.63. The number of aromatic nitrogens is 2. The van der Waals surface area contributed by atoms with E-state index in [1.165, 1.54) is 7.11 Å². The molecule has 1 aromatic heterocycles. The fourth-order valence-corrected chi connectivity index (χ4v) is 2.34. The molecule has 2 aromatic carbocycles. The first kappa shape index (κ1) is 18.8. The second-order valence-corrected chi connectivity index (χ2v) is 5.68. The van der Waals surface area contributed by atoms with Crippen LogP contribution in [0.1, 0.15) is 20.8 Å². The Labute approximate surface area is 161 Å². The molecule has 0 saturated carbocycles. The summed E-state index contributed by atoms with van der Waals surface area (Å²) in [5, 5.41) is 13.7. The van der Waals surface area contributed by atoms with Crippen LogP contribution in [0.15, 0.2) is 60.7 Å². The van der Waals surface area contributed by atoms with Gasteiger partial charge in [0.15, 0.2) is 11.5 Å². The predicted molar refractivity (Wildman–Crippen MR) is 104 cm³/mol. The Balaban J connectivity index is 1.62. The molecule has 0 saturated heterocycles. The highest BCUT2D eigenvalue weighted by atomic mass is 16.5. The van der Waals surface area contributed by atoms with Crippen LogP contribution in [0.4, 0.5) is 17.2 Å². The Hall–Kier alpha value is -3.94. The topological polar surface area (TPSA) is 102 Å². The van der Waals surface area contributed by atoms with Gasteiger partial charge in [-0.1, -0.05) is 0 Å². The SMILES string of the molecule is COC(=O)c1ccc(NC(=O)c2ccc(Nc3ccc(OC)cc3)nn2)cc1. The smallest absolute Gasteiger partial charge is 0.337 e. The Kier molecular flexibility index (Phi) is 5.81. The maximum absolute atomic E-state index is 12.3. The standard InChI is InChI=1S/C20H18N4O4/c1-27-16-9-7-14(8-10-16)21-18-12-11-17(23-24-18)19(25)22-15-5-3-13(4-6-15)20(26)28-2/h3-12H,1-2H3,(H,21,24)(H,22,25). The number of hydrogen-bond donors (Lipinski definition) is 2. The van der Waals surface area contributed by atoms with Gasteiger partial charge in [-0.15, -0.1) is 10.2 Å². The summed E-state index contributed by atoms with van der Waals surface area (Å²) in [5.41, 5.74) is 1.91. The number of amides is 1. The van der Waals surface area contributed by atoms with Gasteiger partial charge in [-0.05, 0) is 60.7 Å². The van der Waals surface area contributed by atoms with E-state index in [0.29, 0.717) is 17.1 Å². The number of benzene rings is 2. The molecule has 0 unspecified atom stereocenters. The number of methoxy groups -OCH3 is 2. The highest BCUT2D eigenvalue weighted by Crippen LogP contribution is 2.18. The van der Waals surface area contributed by atoms with Crippen LogP contribution in [0, 0.1) is 0 Å². The van der Waals surface area contributed by atoms with Crippen molar-refractivity contribution in [2.45, 2.75) is 0 Å². The van der Waals surface area contributed by atoms with Crippen molar-refractivity contribution in [3.05, 3.63) is 71.9 Å². The highest BCUT2D eigenvalue weighted by Gasteiger charge is 2.10. The average molecular weight is 378 g/mol. The van der Waals surface area contributed by atoms with Gasteiger partial charge in [0.2, 0.25) is 0 Å². The zero-order valence-corrected chi connectivity index (χ0v) is 15.3. The molecule has 0 radical (unpaired) electrons. The van der Waals surface area contributed by atoms with Crippen molar-refractivity contribution < 1.29 is 19.1 Å². The van der Waals surface area contributed by atoms with Crippen LogP contribution in [-0.2, 0) is 4.74 Å². The molecular formula is C20H18N4O4. The van der Waals surface area contributed by atoms with Crippen molar-refractivity contribution in [1.82, 2.24) is 10.2 Å². The van der Waals surface area contributed by atoms with Gasteiger partial charge in [0.05, 0.1) is 19.8 Å². The summed E-state index contributed by atoms with van der Waals surface area (Å²) in [7, 11) is 2.91. The summed E-state index contributed by atoms with van der Waals surface area (Å²) in [6.07, 6.45) is 0. The minimum absolute atomic E-state index is 0.164. The van der Waals surface area contributed by atoms with E-state index in [1.54, 1.807) is 43.5 Å². The molecule has 0 fully saturated rings. The third kappa shape index (κ3) is 4.61. The fourth-order valence-electron chi connectivity index (χ4n) is 2.34. The number of rotatable bonds is 6. The van der Waals surface area contributed by atoms with E-state index < -0.39 is 11.9 Å². The van der Waals surface area contributed by atoms with Gasteiger partial charge in [0, 0.05) is 11.4 Å². The molecule has 0 aliphatic heterocycles. The maximum atomic E-state index is 12.3. The van der Waals surface area contributed by atoms with Gasteiger partial charge in [0.1, 0.15) is 5.75 Å². The van der Waals surface area contributed by atoms with Crippen LogP contribution in [0.2, 0.25) is 0 Å². The summed E-state index contributed by atoms with van der Waals surface area (Å²) >= 11 is 0. The Morgan fingerprint density at radius 3 is 2.07 bits per heavy atom. The number of ether oxygens (including phenoxy) is 2. The Morgan fingerprint density at radius 2 is 1.50 bits per heavy atom. The summed E-state index contributed by atoms with van der Waals surface area (Å²) in [6, 6.07) is 16.9. The van der Waals surface area contributed by atoms with E-state index in [0.717, 1.165) is 11.4 Å². The highest BCUT2D eigenvalue weighted by molar-refractivity contribution is 6.03. The van der Waals surface area contributed by atoms with E-state index in [9.17, 15) is 9.59 Å². The third-order valence-corrected chi connectivity index (χ3v) is 3.82. The molecule has 3 rings (SSSR count). The normalized spacial score (nSPS) is 10.1.